The van der Waals surface area contributed by atoms with E-state index in [1.807, 2.05) is 6.92 Å². The van der Waals surface area contributed by atoms with Crippen molar-refractivity contribution in [2.75, 3.05) is 11.9 Å². The summed E-state index contributed by atoms with van der Waals surface area (Å²) in [6.45, 7) is 6.22. The van der Waals surface area contributed by atoms with Gasteiger partial charge in [-0.15, -0.1) is 0 Å². The molecule has 0 atom stereocenters. The first-order valence-corrected chi connectivity index (χ1v) is 7.52. The Morgan fingerprint density at radius 1 is 1.30 bits per heavy atom. The third-order valence-corrected chi connectivity index (χ3v) is 3.98. The van der Waals surface area contributed by atoms with E-state index < -0.39 is 5.54 Å². The minimum absolute atomic E-state index is 0.196. The highest BCUT2D eigenvalue weighted by Gasteiger charge is 2.28. The molecule has 1 heterocycles. The molecule has 2 rings (SSSR count). The molecule has 2 N–H and O–H groups in total. The zero-order chi connectivity index (χ0) is 14.9. The highest BCUT2D eigenvalue weighted by atomic mass is 35.5. The van der Waals surface area contributed by atoms with Crippen molar-refractivity contribution in [1.82, 2.24) is 14.1 Å². The minimum atomic E-state index is -0.715. The number of rotatable bonds is 4. The molecular formula is C12H14Cl2N4OS. The Kier molecular flexibility index (Phi) is 4.49. The Bertz CT molecular complexity index is 656. The van der Waals surface area contributed by atoms with E-state index in [1.54, 1.807) is 19.9 Å². The van der Waals surface area contributed by atoms with Crippen molar-refractivity contribution in [1.29, 1.82) is 0 Å². The average molecular weight is 333 g/mol. The van der Waals surface area contributed by atoms with E-state index in [4.69, 9.17) is 23.2 Å². The Morgan fingerprint density at radius 2 is 1.95 bits per heavy atom. The second-order valence-corrected chi connectivity index (χ2v) is 6.13. The van der Waals surface area contributed by atoms with Gasteiger partial charge >= 0.3 is 0 Å². The summed E-state index contributed by atoms with van der Waals surface area (Å²) in [5, 5.41) is 6.67. The molecule has 0 unspecified atom stereocenters. The van der Waals surface area contributed by atoms with Gasteiger partial charge in [0.25, 0.3) is 0 Å². The standard InChI is InChI=1S/C12H14Cl2N4OS/c1-4-15-12(2,3)11(19)16-8-6(13)5-7(14)9-10(8)18-20-17-9/h5,15H,4H2,1-3H3,(H,16,19). The van der Waals surface area contributed by atoms with Gasteiger partial charge in [0.05, 0.1) is 33.0 Å². The number of likely N-dealkylation sites (N-methyl/N-ethyl adjacent to an activating group) is 1. The zero-order valence-electron chi connectivity index (χ0n) is 11.3. The van der Waals surface area contributed by atoms with Crippen LogP contribution in [0.25, 0.3) is 11.0 Å². The number of nitrogens with one attached hydrogen (secondary N) is 2. The number of amides is 1. The molecular weight excluding hydrogens is 319 g/mol. The number of aromatic nitrogens is 2. The van der Waals surface area contributed by atoms with Crippen molar-refractivity contribution in [3.8, 4) is 0 Å². The van der Waals surface area contributed by atoms with Crippen LogP contribution in [0.4, 0.5) is 5.69 Å². The summed E-state index contributed by atoms with van der Waals surface area (Å²) in [6.07, 6.45) is 0. The first kappa shape index (κ1) is 15.4. The van der Waals surface area contributed by atoms with Crippen LogP contribution in [0, 0.1) is 0 Å². The maximum atomic E-state index is 12.3. The predicted molar refractivity (Wildman–Crippen MR) is 83.8 cm³/mol. The number of carbonyl (C=O) groups excluding carboxylic acids is 1. The number of nitrogens with zero attached hydrogens (tertiary/aromatic N) is 2. The molecule has 0 fully saturated rings. The molecule has 0 saturated carbocycles. The van der Waals surface area contributed by atoms with Crippen LogP contribution in [-0.4, -0.2) is 26.7 Å². The van der Waals surface area contributed by atoms with Crippen LogP contribution in [0.15, 0.2) is 6.07 Å². The summed E-state index contributed by atoms with van der Waals surface area (Å²) in [5.74, 6) is -0.196. The number of benzene rings is 1. The highest BCUT2D eigenvalue weighted by molar-refractivity contribution is 7.00. The molecule has 0 radical (unpaired) electrons. The fraction of sp³-hybridized carbons (Fsp3) is 0.417. The van der Waals surface area contributed by atoms with E-state index >= 15 is 0 Å². The van der Waals surface area contributed by atoms with E-state index in [-0.39, 0.29) is 5.91 Å². The smallest absolute Gasteiger partial charge is 0.244 e. The molecule has 1 aromatic carbocycles. The molecule has 5 nitrogen and oxygen atoms in total. The van der Waals surface area contributed by atoms with Crippen LogP contribution in [0.1, 0.15) is 20.8 Å². The van der Waals surface area contributed by atoms with Gasteiger partial charge in [-0.3, -0.25) is 4.79 Å². The molecule has 108 valence electrons. The number of hydrogen-bond acceptors (Lipinski definition) is 5. The van der Waals surface area contributed by atoms with Crippen molar-refractivity contribution < 1.29 is 4.79 Å². The number of anilines is 1. The van der Waals surface area contributed by atoms with Crippen molar-refractivity contribution in [2.45, 2.75) is 26.3 Å². The number of halogens is 2. The van der Waals surface area contributed by atoms with Crippen LogP contribution >= 0.6 is 34.9 Å². The van der Waals surface area contributed by atoms with Gasteiger partial charge in [-0.05, 0) is 26.5 Å². The van der Waals surface area contributed by atoms with Gasteiger partial charge in [0.15, 0.2) is 0 Å². The third kappa shape index (κ3) is 2.88. The van der Waals surface area contributed by atoms with Gasteiger partial charge in [-0.25, -0.2) is 0 Å². The van der Waals surface area contributed by atoms with Crippen molar-refractivity contribution >= 4 is 57.6 Å². The van der Waals surface area contributed by atoms with Gasteiger partial charge < -0.3 is 10.6 Å². The maximum Gasteiger partial charge on any atom is 0.244 e. The average Bonchev–Trinajstić information content (AvgIpc) is 2.83. The summed E-state index contributed by atoms with van der Waals surface area (Å²) >= 11 is 13.2. The van der Waals surface area contributed by atoms with Crippen LogP contribution < -0.4 is 10.6 Å². The third-order valence-electron chi connectivity index (χ3n) is 2.87. The fourth-order valence-corrected chi connectivity index (χ4v) is 2.94. The zero-order valence-corrected chi connectivity index (χ0v) is 13.6. The molecule has 2 aromatic rings. The van der Waals surface area contributed by atoms with Crippen molar-refractivity contribution in [2.24, 2.45) is 0 Å². The lowest BCUT2D eigenvalue weighted by atomic mass is 10.0. The topological polar surface area (TPSA) is 66.9 Å². The molecule has 0 aliphatic heterocycles. The molecule has 0 saturated heterocycles. The number of carbonyl (C=O) groups is 1. The Labute approximate surface area is 131 Å². The van der Waals surface area contributed by atoms with Gasteiger partial charge in [0.1, 0.15) is 11.0 Å². The molecule has 0 spiro atoms. The van der Waals surface area contributed by atoms with E-state index in [0.717, 1.165) is 11.7 Å². The van der Waals surface area contributed by atoms with E-state index in [2.05, 4.69) is 19.4 Å². The van der Waals surface area contributed by atoms with Crippen molar-refractivity contribution in [3.05, 3.63) is 16.1 Å². The van der Waals surface area contributed by atoms with E-state index in [0.29, 0.717) is 33.3 Å². The molecule has 8 heteroatoms. The molecule has 0 bridgehead atoms. The molecule has 0 aliphatic carbocycles. The van der Waals surface area contributed by atoms with E-state index in [1.165, 1.54) is 0 Å². The summed E-state index contributed by atoms with van der Waals surface area (Å²) in [6, 6.07) is 1.56. The first-order valence-electron chi connectivity index (χ1n) is 6.03. The first-order chi connectivity index (χ1) is 9.36. The SMILES string of the molecule is CCNC(C)(C)C(=O)Nc1c(Cl)cc(Cl)c2nsnc12. The normalized spacial score (nSPS) is 11.8. The van der Waals surface area contributed by atoms with Crippen LogP contribution in [0.5, 0.6) is 0 Å². The summed E-state index contributed by atoms with van der Waals surface area (Å²) in [5.41, 5.74) is 0.773. The van der Waals surface area contributed by atoms with Crippen molar-refractivity contribution in [3.63, 3.8) is 0 Å². The molecule has 20 heavy (non-hydrogen) atoms. The molecule has 0 aliphatic rings. The molecule has 1 aromatic heterocycles. The lowest BCUT2D eigenvalue weighted by Crippen LogP contribution is -2.49. The predicted octanol–water partition coefficient (Wildman–Crippen LogP) is 3.32. The summed E-state index contributed by atoms with van der Waals surface area (Å²) < 4.78 is 8.25. The largest absolute Gasteiger partial charge is 0.321 e. The van der Waals surface area contributed by atoms with Gasteiger partial charge in [0, 0.05) is 0 Å². The maximum absolute atomic E-state index is 12.3. The lowest BCUT2D eigenvalue weighted by Gasteiger charge is -2.24. The quantitative estimate of drug-likeness (QED) is 0.901. The summed E-state index contributed by atoms with van der Waals surface area (Å²) in [7, 11) is 0. The van der Waals surface area contributed by atoms with Gasteiger partial charge in [0.2, 0.25) is 5.91 Å². The minimum Gasteiger partial charge on any atom is -0.321 e. The summed E-state index contributed by atoms with van der Waals surface area (Å²) in [4.78, 5) is 12.3. The van der Waals surface area contributed by atoms with E-state index in [9.17, 15) is 4.79 Å². The Balaban J connectivity index is 2.39. The second-order valence-electron chi connectivity index (χ2n) is 4.79. The van der Waals surface area contributed by atoms with Gasteiger partial charge in [-0.1, -0.05) is 30.1 Å². The monoisotopic (exact) mass is 332 g/mol. The van der Waals surface area contributed by atoms with Crippen LogP contribution in [-0.2, 0) is 4.79 Å². The number of fused-ring (bicyclic) bond motifs is 1. The Hall–Kier alpha value is -0.950. The fourth-order valence-electron chi connectivity index (χ4n) is 1.79. The molecule has 1 amide bonds. The lowest BCUT2D eigenvalue weighted by molar-refractivity contribution is -0.121. The van der Waals surface area contributed by atoms with Crippen LogP contribution in [0.3, 0.4) is 0 Å². The highest BCUT2D eigenvalue weighted by Crippen LogP contribution is 2.35. The number of hydrogen-bond donors (Lipinski definition) is 2. The van der Waals surface area contributed by atoms with Crippen LogP contribution in [0.2, 0.25) is 10.0 Å². The Morgan fingerprint density at radius 3 is 2.60 bits per heavy atom. The second kappa shape index (κ2) is 5.81. The van der Waals surface area contributed by atoms with Gasteiger partial charge in [-0.2, -0.15) is 8.75 Å².